The number of halogens is 2. The number of rotatable bonds is 6. The first-order valence-corrected chi connectivity index (χ1v) is 7.66. The Balaban J connectivity index is 1.68. The smallest absolute Gasteiger partial charge is 0.119 e. The number of benzene rings is 2. The SMILES string of the molecule is Cc1ccc(CNCCOc2ccc(Br)cc2)cc1Cl. The standard InChI is InChI=1S/C16H17BrClNO/c1-12-2-3-13(10-16(12)18)11-19-8-9-20-15-6-4-14(17)5-7-15/h2-7,10,19H,8-9,11H2,1H3. The Labute approximate surface area is 133 Å². The van der Waals surface area contributed by atoms with Gasteiger partial charge in [0.2, 0.25) is 0 Å². The topological polar surface area (TPSA) is 21.3 Å². The maximum Gasteiger partial charge on any atom is 0.119 e. The first-order chi connectivity index (χ1) is 9.65. The quantitative estimate of drug-likeness (QED) is 0.767. The lowest BCUT2D eigenvalue weighted by Gasteiger charge is -2.08. The summed E-state index contributed by atoms with van der Waals surface area (Å²) < 4.78 is 6.69. The monoisotopic (exact) mass is 353 g/mol. The van der Waals surface area contributed by atoms with Gasteiger partial charge in [0.1, 0.15) is 12.4 Å². The molecule has 0 aliphatic carbocycles. The predicted molar refractivity (Wildman–Crippen MR) is 87.5 cm³/mol. The molecule has 1 N–H and O–H groups in total. The van der Waals surface area contributed by atoms with Crippen molar-refractivity contribution in [2.75, 3.05) is 13.2 Å². The van der Waals surface area contributed by atoms with Crippen molar-refractivity contribution in [2.24, 2.45) is 0 Å². The minimum absolute atomic E-state index is 0.640. The maximum atomic E-state index is 6.09. The highest BCUT2D eigenvalue weighted by molar-refractivity contribution is 9.10. The van der Waals surface area contributed by atoms with Crippen molar-refractivity contribution in [2.45, 2.75) is 13.5 Å². The molecule has 0 heterocycles. The third-order valence-electron chi connectivity index (χ3n) is 2.93. The van der Waals surface area contributed by atoms with Crippen molar-refractivity contribution in [1.82, 2.24) is 5.32 Å². The van der Waals surface area contributed by atoms with Gasteiger partial charge in [-0.05, 0) is 48.4 Å². The molecule has 0 unspecified atom stereocenters. The normalized spacial score (nSPS) is 10.6. The molecule has 0 aromatic heterocycles. The molecule has 106 valence electrons. The van der Waals surface area contributed by atoms with Gasteiger partial charge in [-0.3, -0.25) is 0 Å². The van der Waals surface area contributed by atoms with Crippen LogP contribution in [0.5, 0.6) is 5.75 Å². The molecule has 0 amide bonds. The first-order valence-electron chi connectivity index (χ1n) is 6.49. The second kappa shape index (κ2) is 7.67. The number of hydrogen-bond donors (Lipinski definition) is 1. The summed E-state index contributed by atoms with van der Waals surface area (Å²) in [6, 6.07) is 14.0. The highest BCUT2D eigenvalue weighted by Gasteiger charge is 1.98. The Morgan fingerprint density at radius 2 is 1.90 bits per heavy atom. The molecule has 0 saturated heterocycles. The lowest BCUT2D eigenvalue weighted by Crippen LogP contribution is -2.20. The third kappa shape index (κ3) is 4.82. The average molecular weight is 355 g/mol. The van der Waals surface area contributed by atoms with Gasteiger partial charge in [0.25, 0.3) is 0 Å². The molecule has 0 aliphatic heterocycles. The van der Waals surface area contributed by atoms with E-state index in [1.54, 1.807) is 0 Å². The van der Waals surface area contributed by atoms with Crippen LogP contribution in [-0.4, -0.2) is 13.2 Å². The average Bonchev–Trinajstić information content (AvgIpc) is 2.44. The maximum absolute atomic E-state index is 6.09. The molecule has 0 atom stereocenters. The molecule has 2 rings (SSSR count). The van der Waals surface area contributed by atoms with Crippen LogP contribution >= 0.6 is 27.5 Å². The fourth-order valence-corrected chi connectivity index (χ4v) is 2.22. The molecule has 0 aliphatic rings. The van der Waals surface area contributed by atoms with Crippen LogP contribution in [0.1, 0.15) is 11.1 Å². The Hall–Kier alpha value is -1.03. The van der Waals surface area contributed by atoms with Crippen LogP contribution in [0.25, 0.3) is 0 Å². The molecular weight excluding hydrogens is 338 g/mol. The van der Waals surface area contributed by atoms with Gasteiger partial charge in [-0.2, -0.15) is 0 Å². The summed E-state index contributed by atoms with van der Waals surface area (Å²) in [5.41, 5.74) is 2.29. The molecule has 0 fully saturated rings. The van der Waals surface area contributed by atoms with Gasteiger partial charge < -0.3 is 10.1 Å². The van der Waals surface area contributed by atoms with Crippen molar-refractivity contribution in [3.05, 3.63) is 63.1 Å². The highest BCUT2D eigenvalue weighted by Crippen LogP contribution is 2.17. The molecular formula is C16H17BrClNO. The first kappa shape index (κ1) is 15.4. The van der Waals surface area contributed by atoms with Crippen LogP contribution in [-0.2, 0) is 6.54 Å². The summed E-state index contributed by atoms with van der Waals surface area (Å²) in [4.78, 5) is 0. The third-order valence-corrected chi connectivity index (χ3v) is 3.86. The molecule has 4 heteroatoms. The van der Waals surface area contributed by atoms with Gasteiger partial charge in [0, 0.05) is 22.6 Å². The van der Waals surface area contributed by atoms with Crippen LogP contribution < -0.4 is 10.1 Å². The molecule has 0 bridgehead atoms. The van der Waals surface area contributed by atoms with Gasteiger partial charge in [-0.1, -0.05) is 39.7 Å². The van der Waals surface area contributed by atoms with Crippen molar-refractivity contribution < 1.29 is 4.74 Å². The van der Waals surface area contributed by atoms with E-state index in [1.807, 2.05) is 43.3 Å². The van der Waals surface area contributed by atoms with Gasteiger partial charge >= 0.3 is 0 Å². The van der Waals surface area contributed by atoms with E-state index in [4.69, 9.17) is 16.3 Å². The van der Waals surface area contributed by atoms with Crippen molar-refractivity contribution >= 4 is 27.5 Å². The zero-order chi connectivity index (χ0) is 14.4. The van der Waals surface area contributed by atoms with E-state index in [1.165, 1.54) is 5.56 Å². The van der Waals surface area contributed by atoms with Crippen LogP contribution in [0.15, 0.2) is 46.9 Å². The Bertz CT molecular complexity index is 557. The van der Waals surface area contributed by atoms with E-state index in [9.17, 15) is 0 Å². The number of ether oxygens (including phenoxy) is 1. The molecule has 20 heavy (non-hydrogen) atoms. The Morgan fingerprint density at radius 1 is 1.15 bits per heavy atom. The molecule has 2 aromatic rings. The summed E-state index contributed by atoms with van der Waals surface area (Å²) in [5.74, 6) is 0.883. The van der Waals surface area contributed by atoms with E-state index in [-0.39, 0.29) is 0 Å². The predicted octanol–water partition coefficient (Wildman–Crippen LogP) is 4.58. The Kier molecular flexibility index (Phi) is 5.89. The lowest BCUT2D eigenvalue weighted by atomic mass is 10.1. The van der Waals surface area contributed by atoms with E-state index in [2.05, 4.69) is 27.3 Å². The minimum Gasteiger partial charge on any atom is -0.492 e. The van der Waals surface area contributed by atoms with E-state index in [0.717, 1.165) is 33.9 Å². The second-order valence-electron chi connectivity index (χ2n) is 4.56. The Morgan fingerprint density at radius 3 is 2.60 bits per heavy atom. The fraction of sp³-hybridized carbons (Fsp3) is 0.250. The summed E-state index contributed by atoms with van der Waals surface area (Å²) in [7, 11) is 0. The largest absolute Gasteiger partial charge is 0.492 e. The summed E-state index contributed by atoms with van der Waals surface area (Å²) >= 11 is 9.49. The van der Waals surface area contributed by atoms with Crippen LogP contribution in [0.2, 0.25) is 5.02 Å². The molecule has 0 radical (unpaired) electrons. The molecule has 2 nitrogen and oxygen atoms in total. The highest BCUT2D eigenvalue weighted by atomic mass is 79.9. The van der Waals surface area contributed by atoms with Gasteiger partial charge in [-0.15, -0.1) is 0 Å². The van der Waals surface area contributed by atoms with E-state index in [0.29, 0.717) is 6.61 Å². The van der Waals surface area contributed by atoms with Gasteiger partial charge in [-0.25, -0.2) is 0 Å². The summed E-state index contributed by atoms with van der Waals surface area (Å²) in [5, 5.41) is 4.15. The summed E-state index contributed by atoms with van der Waals surface area (Å²) in [6.45, 7) is 4.23. The second-order valence-corrected chi connectivity index (χ2v) is 5.89. The zero-order valence-corrected chi connectivity index (χ0v) is 13.7. The summed E-state index contributed by atoms with van der Waals surface area (Å²) in [6.07, 6.45) is 0. The minimum atomic E-state index is 0.640. The number of aryl methyl sites for hydroxylation is 1. The van der Waals surface area contributed by atoms with Crippen molar-refractivity contribution in [3.8, 4) is 5.75 Å². The molecule has 0 spiro atoms. The lowest BCUT2D eigenvalue weighted by molar-refractivity contribution is 0.313. The van der Waals surface area contributed by atoms with Crippen LogP contribution in [0.4, 0.5) is 0 Å². The van der Waals surface area contributed by atoms with Crippen LogP contribution in [0, 0.1) is 6.92 Å². The van der Waals surface area contributed by atoms with Gasteiger partial charge in [0.05, 0.1) is 0 Å². The van der Waals surface area contributed by atoms with Crippen molar-refractivity contribution in [3.63, 3.8) is 0 Å². The molecule has 0 saturated carbocycles. The fourth-order valence-electron chi connectivity index (χ4n) is 1.75. The van der Waals surface area contributed by atoms with Gasteiger partial charge in [0.15, 0.2) is 0 Å². The number of nitrogens with one attached hydrogen (secondary N) is 1. The van der Waals surface area contributed by atoms with E-state index < -0.39 is 0 Å². The van der Waals surface area contributed by atoms with Crippen molar-refractivity contribution in [1.29, 1.82) is 0 Å². The zero-order valence-electron chi connectivity index (χ0n) is 11.3. The number of hydrogen-bond acceptors (Lipinski definition) is 2. The molecule has 2 aromatic carbocycles. The van der Waals surface area contributed by atoms with E-state index >= 15 is 0 Å². The van der Waals surface area contributed by atoms with Crippen LogP contribution in [0.3, 0.4) is 0 Å².